The summed E-state index contributed by atoms with van der Waals surface area (Å²) < 4.78 is 37.5. The minimum atomic E-state index is -4.25. The molecule has 1 saturated heterocycles. The predicted octanol–water partition coefficient (Wildman–Crippen LogP) is 3.38. The van der Waals surface area contributed by atoms with Crippen LogP contribution in [0.25, 0.3) is 0 Å². The van der Waals surface area contributed by atoms with Crippen LogP contribution in [0.3, 0.4) is 0 Å². The summed E-state index contributed by atoms with van der Waals surface area (Å²) >= 11 is 0. The van der Waals surface area contributed by atoms with Crippen molar-refractivity contribution in [3.63, 3.8) is 0 Å². The Morgan fingerprint density at radius 2 is 2.06 bits per heavy atom. The third-order valence-electron chi connectivity index (χ3n) is 2.97. The molecule has 1 nitrogen and oxygen atoms in total. The van der Waals surface area contributed by atoms with Gasteiger partial charge < -0.3 is 5.32 Å². The van der Waals surface area contributed by atoms with Crippen molar-refractivity contribution in [2.24, 2.45) is 5.92 Å². The molecular formula is C12H14F3N. The van der Waals surface area contributed by atoms with Gasteiger partial charge in [-0.15, -0.1) is 0 Å². The largest absolute Gasteiger partial charge is 0.416 e. The van der Waals surface area contributed by atoms with E-state index in [2.05, 4.69) is 12.2 Å². The molecule has 88 valence electrons. The fourth-order valence-electron chi connectivity index (χ4n) is 2.10. The second kappa shape index (κ2) is 4.09. The van der Waals surface area contributed by atoms with Crippen molar-refractivity contribution in [2.45, 2.75) is 25.6 Å². The molecule has 0 aromatic heterocycles. The molecule has 1 fully saturated rings. The number of benzene rings is 1. The van der Waals surface area contributed by atoms with Gasteiger partial charge in [-0.05, 0) is 36.6 Å². The van der Waals surface area contributed by atoms with Gasteiger partial charge in [0.25, 0.3) is 0 Å². The van der Waals surface area contributed by atoms with Crippen molar-refractivity contribution in [1.82, 2.24) is 5.32 Å². The highest BCUT2D eigenvalue weighted by atomic mass is 19.4. The molecule has 4 heteroatoms. The van der Waals surface area contributed by atoms with E-state index in [4.69, 9.17) is 0 Å². The van der Waals surface area contributed by atoms with Gasteiger partial charge in [0.2, 0.25) is 0 Å². The third-order valence-corrected chi connectivity index (χ3v) is 2.97. The van der Waals surface area contributed by atoms with E-state index in [1.54, 1.807) is 6.07 Å². The molecule has 0 radical (unpaired) electrons. The van der Waals surface area contributed by atoms with Crippen molar-refractivity contribution < 1.29 is 13.2 Å². The summed E-state index contributed by atoms with van der Waals surface area (Å²) in [6, 6.07) is 5.66. The van der Waals surface area contributed by atoms with E-state index in [9.17, 15) is 13.2 Å². The first-order valence-corrected chi connectivity index (χ1v) is 5.37. The summed E-state index contributed by atoms with van der Waals surface area (Å²) in [5.41, 5.74) is 0.172. The normalized spacial score (nSPS) is 26.0. The van der Waals surface area contributed by atoms with E-state index < -0.39 is 11.7 Å². The maximum Gasteiger partial charge on any atom is 0.416 e. The maximum atomic E-state index is 12.5. The smallest absolute Gasteiger partial charge is 0.310 e. The molecule has 1 aromatic carbocycles. The van der Waals surface area contributed by atoms with Crippen LogP contribution in [0.2, 0.25) is 0 Å². The van der Waals surface area contributed by atoms with E-state index in [0.29, 0.717) is 5.92 Å². The first kappa shape index (κ1) is 11.5. The van der Waals surface area contributed by atoms with Crippen LogP contribution in [-0.2, 0) is 6.18 Å². The van der Waals surface area contributed by atoms with Crippen LogP contribution in [0.15, 0.2) is 24.3 Å². The van der Waals surface area contributed by atoms with E-state index in [-0.39, 0.29) is 6.04 Å². The Labute approximate surface area is 92.7 Å². The Kier molecular flexibility index (Phi) is 2.93. The molecule has 1 N–H and O–H groups in total. The summed E-state index contributed by atoms with van der Waals surface area (Å²) in [6.45, 7) is 2.97. The summed E-state index contributed by atoms with van der Waals surface area (Å²) in [5.74, 6) is 0.527. The quantitative estimate of drug-likeness (QED) is 0.778. The fraction of sp³-hybridized carbons (Fsp3) is 0.500. The zero-order chi connectivity index (χ0) is 11.8. The second-order valence-corrected chi connectivity index (χ2v) is 4.42. The van der Waals surface area contributed by atoms with Crippen LogP contribution in [0.1, 0.15) is 30.5 Å². The molecule has 1 aromatic rings. The first-order chi connectivity index (χ1) is 7.47. The Bertz CT molecular complexity index is 373. The fourth-order valence-corrected chi connectivity index (χ4v) is 2.10. The molecule has 0 saturated carbocycles. The highest BCUT2D eigenvalue weighted by Crippen LogP contribution is 2.33. The summed E-state index contributed by atoms with van der Waals surface area (Å²) in [7, 11) is 0. The van der Waals surface area contributed by atoms with Crippen LogP contribution in [0.4, 0.5) is 13.2 Å². The Morgan fingerprint density at radius 3 is 2.62 bits per heavy atom. The van der Waals surface area contributed by atoms with Crippen LogP contribution in [-0.4, -0.2) is 6.54 Å². The van der Waals surface area contributed by atoms with Crippen molar-refractivity contribution in [3.05, 3.63) is 35.4 Å². The lowest BCUT2D eigenvalue weighted by Crippen LogP contribution is -2.14. The maximum absolute atomic E-state index is 12.5. The summed E-state index contributed by atoms with van der Waals surface area (Å²) in [6.07, 6.45) is -3.35. The number of halogens is 3. The van der Waals surface area contributed by atoms with Gasteiger partial charge >= 0.3 is 6.18 Å². The summed E-state index contributed by atoms with van der Waals surface area (Å²) in [5, 5.41) is 3.23. The van der Waals surface area contributed by atoms with Gasteiger partial charge in [-0.2, -0.15) is 13.2 Å². The van der Waals surface area contributed by atoms with Crippen LogP contribution >= 0.6 is 0 Å². The highest BCUT2D eigenvalue weighted by Gasteiger charge is 2.31. The molecule has 16 heavy (non-hydrogen) atoms. The standard InChI is InChI=1S/C12H14F3N/c1-8-5-11(16-7-8)9-3-2-4-10(6-9)12(13,14)15/h2-4,6,8,11,16H,5,7H2,1H3/t8-,11+/m0/s1. The molecule has 0 spiro atoms. The predicted molar refractivity (Wildman–Crippen MR) is 56.0 cm³/mol. The van der Waals surface area contributed by atoms with Crippen LogP contribution in [0, 0.1) is 5.92 Å². The monoisotopic (exact) mass is 229 g/mol. The van der Waals surface area contributed by atoms with Gasteiger partial charge in [-0.25, -0.2) is 0 Å². The molecule has 0 unspecified atom stereocenters. The molecule has 2 atom stereocenters. The van der Waals surface area contributed by atoms with E-state index in [1.165, 1.54) is 12.1 Å². The molecule has 0 amide bonds. The van der Waals surface area contributed by atoms with E-state index in [1.807, 2.05) is 0 Å². The lowest BCUT2D eigenvalue weighted by atomic mass is 9.99. The SMILES string of the molecule is C[C@@H]1CN[C@@H](c2cccc(C(F)(F)F)c2)C1. The number of rotatable bonds is 1. The van der Waals surface area contributed by atoms with Gasteiger partial charge in [0.1, 0.15) is 0 Å². The third kappa shape index (κ3) is 2.38. The van der Waals surface area contributed by atoms with Crippen molar-refractivity contribution in [2.75, 3.05) is 6.54 Å². The molecule has 1 heterocycles. The lowest BCUT2D eigenvalue weighted by molar-refractivity contribution is -0.137. The average molecular weight is 229 g/mol. The topological polar surface area (TPSA) is 12.0 Å². The number of alkyl halides is 3. The Hall–Kier alpha value is -1.03. The van der Waals surface area contributed by atoms with Gasteiger partial charge in [0, 0.05) is 6.04 Å². The Balaban J connectivity index is 2.23. The molecule has 2 rings (SSSR count). The van der Waals surface area contributed by atoms with Crippen molar-refractivity contribution in [3.8, 4) is 0 Å². The van der Waals surface area contributed by atoms with Gasteiger partial charge in [-0.1, -0.05) is 19.1 Å². The van der Waals surface area contributed by atoms with Gasteiger partial charge in [-0.3, -0.25) is 0 Å². The molecule has 1 aliphatic heterocycles. The molecular weight excluding hydrogens is 215 g/mol. The molecule has 1 aliphatic rings. The van der Waals surface area contributed by atoms with Gasteiger partial charge in [0.15, 0.2) is 0 Å². The number of hydrogen-bond acceptors (Lipinski definition) is 1. The minimum Gasteiger partial charge on any atom is -0.310 e. The zero-order valence-electron chi connectivity index (χ0n) is 9.01. The van der Waals surface area contributed by atoms with Gasteiger partial charge in [0.05, 0.1) is 5.56 Å². The Morgan fingerprint density at radius 1 is 1.31 bits per heavy atom. The lowest BCUT2D eigenvalue weighted by Gasteiger charge is -2.13. The molecule has 0 bridgehead atoms. The van der Waals surface area contributed by atoms with Crippen LogP contribution in [0.5, 0.6) is 0 Å². The average Bonchev–Trinajstić information content (AvgIpc) is 2.64. The van der Waals surface area contributed by atoms with Crippen molar-refractivity contribution >= 4 is 0 Å². The number of nitrogens with one attached hydrogen (secondary N) is 1. The second-order valence-electron chi connectivity index (χ2n) is 4.42. The summed E-state index contributed by atoms with van der Waals surface area (Å²) in [4.78, 5) is 0. The number of hydrogen-bond donors (Lipinski definition) is 1. The highest BCUT2D eigenvalue weighted by molar-refractivity contribution is 5.28. The zero-order valence-corrected chi connectivity index (χ0v) is 9.01. The first-order valence-electron chi connectivity index (χ1n) is 5.37. The molecule has 0 aliphatic carbocycles. The van der Waals surface area contributed by atoms with Crippen LogP contribution < -0.4 is 5.32 Å². The van der Waals surface area contributed by atoms with Crippen molar-refractivity contribution in [1.29, 1.82) is 0 Å². The van der Waals surface area contributed by atoms with E-state index in [0.717, 1.165) is 24.6 Å². The van der Waals surface area contributed by atoms with E-state index >= 15 is 0 Å². The minimum absolute atomic E-state index is 0.0669.